The summed E-state index contributed by atoms with van der Waals surface area (Å²) in [6.07, 6.45) is 1.32. The molecule has 3 N–H and O–H groups in total. The summed E-state index contributed by atoms with van der Waals surface area (Å²) in [5, 5.41) is 14.4. The van der Waals surface area contributed by atoms with E-state index in [1.807, 2.05) is 6.07 Å². The summed E-state index contributed by atoms with van der Waals surface area (Å²) in [6, 6.07) is 16.5. The normalized spacial score (nSPS) is 11.4. The van der Waals surface area contributed by atoms with Crippen LogP contribution in [0.5, 0.6) is 0 Å². The first-order chi connectivity index (χ1) is 15.3. The fourth-order valence-corrected chi connectivity index (χ4v) is 3.17. The first-order valence-electron chi connectivity index (χ1n) is 9.84. The van der Waals surface area contributed by atoms with E-state index in [4.69, 9.17) is 0 Å². The molecular weight excluding hydrogens is 412 g/mol. The van der Waals surface area contributed by atoms with Gasteiger partial charge in [-0.1, -0.05) is 60.7 Å². The van der Waals surface area contributed by atoms with Gasteiger partial charge in [-0.25, -0.2) is 9.78 Å². The van der Waals surface area contributed by atoms with E-state index in [2.05, 4.69) is 15.6 Å². The Morgan fingerprint density at radius 3 is 2.25 bits per heavy atom. The number of carbonyl (C=O) groups is 3. The van der Waals surface area contributed by atoms with E-state index < -0.39 is 35.9 Å². The van der Waals surface area contributed by atoms with Gasteiger partial charge in [0.2, 0.25) is 11.8 Å². The highest BCUT2D eigenvalue weighted by molar-refractivity contribution is 5.88. The third-order valence-corrected chi connectivity index (χ3v) is 4.61. The number of aliphatic carboxylic acids is 1. The van der Waals surface area contributed by atoms with Crippen molar-refractivity contribution in [2.45, 2.75) is 25.9 Å². The number of benzene rings is 2. The third kappa shape index (κ3) is 5.66. The quantitative estimate of drug-likeness (QED) is 0.495. The van der Waals surface area contributed by atoms with Crippen LogP contribution in [-0.4, -0.2) is 38.5 Å². The van der Waals surface area contributed by atoms with Crippen LogP contribution in [0.2, 0.25) is 0 Å². The Kier molecular flexibility index (Phi) is 7.12. The Hall–Kier alpha value is -4.27. The molecule has 0 aliphatic carbocycles. The van der Waals surface area contributed by atoms with Crippen molar-refractivity contribution in [2.24, 2.45) is 0 Å². The number of nitrogens with zero attached hydrogens (tertiary/aromatic N) is 2. The van der Waals surface area contributed by atoms with Crippen LogP contribution in [0, 0.1) is 0 Å². The summed E-state index contributed by atoms with van der Waals surface area (Å²) in [4.78, 5) is 53.0. The topological polar surface area (TPSA) is 130 Å². The van der Waals surface area contributed by atoms with Gasteiger partial charge in [0.15, 0.2) is 0 Å². The molecule has 9 heteroatoms. The second-order valence-electron chi connectivity index (χ2n) is 7.08. The largest absolute Gasteiger partial charge is 0.480 e. The fourth-order valence-electron chi connectivity index (χ4n) is 3.17. The summed E-state index contributed by atoms with van der Waals surface area (Å²) < 4.78 is 1.11. The molecule has 0 saturated heterocycles. The zero-order valence-corrected chi connectivity index (χ0v) is 17.3. The second kappa shape index (κ2) is 10.2. The molecule has 1 heterocycles. The molecule has 3 rings (SSSR count). The van der Waals surface area contributed by atoms with Crippen molar-refractivity contribution in [3.63, 3.8) is 0 Å². The predicted molar refractivity (Wildman–Crippen MR) is 118 cm³/mol. The maximum atomic E-state index is 13.0. The van der Waals surface area contributed by atoms with Crippen molar-refractivity contribution in [2.75, 3.05) is 5.32 Å². The summed E-state index contributed by atoms with van der Waals surface area (Å²) >= 11 is 0. The molecule has 0 aliphatic rings. The fraction of sp³-hybridized carbons (Fsp3) is 0.174. The lowest BCUT2D eigenvalue weighted by molar-refractivity contribution is -0.141. The molecule has 32 heavy (non-hydrogen) atoms. The van der Waals surface area contributed by atoms with Gasteiger partial charge in [-0.05, 0) is 5.56 Å². The molecule has 2 aromatic carbocycles. The van der Waals surface area contributed by atoms with Crippen LogP contribution < -0.4 is 16.2 Å². The van der Waals surface area contributed by atoms with Gasteiger partial charge in [-0.3, -0.25) is 19.0 Å². The summed E-state index contributed by atoms with van der Waals surface area (Å²) in [6.45, 7) is 0.782. The average molecular weight is 434 g/mol. The molecule has 0 bridgehead atoms. The number of anilines is 1. The molecule has 0 unspecified atom stereocenters. The van der Waals surface area contributed by atoms with E-state index in [0.29, 0.717) is 5.56 Å². The van der Waals surface area contributed by atoms with Gasteiger partial charge in [0, 0.05) is 18.9 Å². The Balaban J connectivity index is 1.89. The molecule has 0 saturated carbocycles. The van der Waals surface area contributed by atoms with E-state index >= 15 is 0 Å². The van der Waals surface area contributed by atoms with Crippen molar-refractivity contribution in [1.29, 1.82) is 0 Å². The Labute approximate surface area is 183 Å². The standard InChI is InChI=1S/C23H22N4O5/c1-15(28)25-19-13-24-21(17-10-6-3-7-11-17)27(22(19)30)14-20(29)26-18(23(31)32)12-16-8-4-2-5-9-16/h2-11,13,18H,12,14H2,1H3,(H,25,28)(H,26,29)(H,31,32)/t18-/m0/s1. The zero-order chi connectivity index (χ0) is 23.1. The molecule has 0 aliphatic heterocycles. The highest BCUT2D eigenvalue weighted by Crippen LogP contribution is 2.16. The van der Waals surface area contributed by atoms with Crippen LogP contribution >= 0.6 is 0 Å². The number of amides is 2. The Morgan fingerprint density at radius 1 is 1.03 bits per heavy atom. The predicted octanol–water partition coefficient (Wildman–Crippen LogP) is 1.68. The van der Waals surface area contributed by atoms with E-state index in [-0.39, 0.29) is 17.9 Å². The van der Waals surface area contributed by atoms with E-state index in [0.717, 1.165) is 10.1 Å². The minimum Gasteiger partial charge on any atom is -0.480 e. The molecule has 3 aromatic rings. The van der Waals surface area contributed by atoms with E-state index in [9.17, 15) is 24.3 Å². The molecule has 1 atom stereocenters. The van der Waals surface area contributed by atoms with Gasteiger partial charge in [0.25, 0.3) is 5.56 Å². The van der Waals surface area contributed by atoms with Crippen LogP contribution in [0.25, 0.3) is 11.4 Å². The smallest absolute Gasteiger partial charge is 0.326 e. The number of rotatable bonds is 8. The average Bonchev–Trinajstić information content (AvgIpc) is 2.77. The second-order valence-corrected chi connectivity index (χ2v) is 7.08. The molecule has 0 fully saturated rings. The number of carbonyl (C=O) groups excluding carboxylic acids is 2. The maximum Gasteiger partial charge on any atom is 0.326 e. The van der Waals surface area contributed by atoms with Gasteiger partial charge in [0.05, 0.1) is 6.20 Å². The molecule has 0 radical (unpaired) electrons. The van der Waals surface area contributed by atoms with Crippen LogP contribution in [0.4, 0.5) is 5.69 Å². The number of hydrogen-bond acceptors (Lipinski definition) is 5. The number of aromatic nitrogens is 2. The van der Waals surface area contributed by atoms with Crippen molar-refractivity contribution in [3.05, 3.63) is 82.8 Å². The first kappa shape index (κ1) is 22.4. The van der Waals surface area contributed by atoms with E-state index in [1.165, 1.54) is 13.1 Å². The molecule has 1 aromatic heterocycles. The number of hydrogen-bond donors (Lipinski definition) is 3. The van der Waals surface area contributed by atoms with Gasteiger partial charge in [-0.15, -0.1) is 0 Å². The van der Waals surface area contributed by atoms with E-state index in [1.54, 1.807) is 54.6 Å². The lowest BCUT2D eigenvalue weighted by Gasteiger charge is -2.17. The number of nitrogens with one attached hydrogen (secondary N) is 2. The SMILES string of the molecule is CC(=O)Nc1cnc(-c2ccccc2)n(CC(=O)N[C@@H](Cc2ccccc2)C(=O)O)c1=O. The molecule has 0 spiro atoms. The number of carboxylic acid groups (broad SMARTS) is 1. The highest BCUT2D eigenvalue weighted by atomic mass is 16.4. The van der Waals surface area contributed by atoms with Crippen LogP contribution in [0.15, 0.2) is 71.7 Å². The van der Waals surface area contributed by atoms with Crippen molar-refractivity contribution >= 4 is 23.5 Å². The first-order valence-corrected chi connectivity index (χ1v) is 9.84. The maximum absolute atomic E-state index is 13.0. The van der Waals surface area contributed by atoms with Gasteiger partial charge in [0.1, 0.15) is 24.1 Å². The van der Waals surface area contributed by atoms with Crippen LogP contribution in [-0.2, 0) is 27.3 Å². The van der Waals surface area contributed by atoms with Gasteiger partial charge >= 0.3 is 5.97 Å². The van der Waals surface area contributed by atoms with Gasteiger partial charge in [-0.2, -0.15) is 0 Å². The number of carboxylic acids is 1. The molecule has 164 valence electrons. The highest BCUT2D eigenvalue weighted by Gasteiger charge is 2.22. The summed E-state index contributed by atoms with van der Waals surface area (Å²) in [7, 11) is 0. The lowest BCUT2D eigenvalue weighted by Crippen LogP contribution is -2.45. The van der Waals surface area contributed by atoms with Crippen molar-refractivity contribution in [1.82, 2.24) is 14.9 Å². The van der Waals surface area contributed by atoms with Crippen LogP contribution in [0.1, 0.15) is 12.5 Å². The Morgan fingerprint density at radius 2 is 1.66 bits per heavy atom. The van der Waals surface area contributed by atoms with Crippen molar-refractivity contribution < 1.29 is 19.5 Å². The minimum absolute atomic E-state index is 0.0796. The minimum atomic E-state index is -1.19. The van der Waals surface area contributed by atoms with Crippen molar-refractivity contribution in [3.8, 4) is 11.4 Å². The van der Waals surface area contributed by atoms with Gasteiger partial charge < -0.3 is 15.7 Å². The third-order valence-electron chi connectivity index (χ3n) is 4.61. The summed E-state index contributed by atoms with van der Waals surface area (Å²) in [5.41, 5.74) is 0.630. The molecule has 2 amide bonds. The van der Waals surface area contributed by atoms with Crippen LogP contribution in [0.3, 0.4) is 0 Å². The lowest BCUT2D eigenvalue weighted by atomic mass is 10.1. The molecule has 9 nitrogen and oxygen atoms in total. The monoisotopic (exact) mass is 434 g/mol. The zero-order valence-electron chi connectivity index (χ0n) is 17.3. The summed E-state index contributed by atoms with van der Waals surface area (Å²) in [5.74, 6) is -2.10. The Bertz CT molecular complexity index is 1180. The molecular formula is C23H22N4O5.